The van der Waals surface area contributed by atoms with E-state index in [1.807, 2.05) is 72.0 Å². The number of ether oxygens (including phenoxy) is 2. The zero-order chi connectivity index (χ0) is 38.2. The van der Waals surface area contributed by atoms with Crippen LogP contribution in [0.5, 0.6) is 11.8 Å². The molecule has 0 aliphatic heterocycles. The summed E-state index contributed by atoms with van der Waals surface area (Å²) in [7, 11) is 4.06. The van der Waals surface area contributed by atoms with Crippen molar-refractivity contribution in [2.75, 3.05) is 13.2 Å². The van der Waals surface area contributed by atoms with Crippen molar-refractivity contribution in [1.29, 1.82) is 0 Å². The number of hydrogen-bond acceptors (Lipinski definition) is 5. The monoisotopic (exact) mass is 749 g/mol. The fraction of sp³-hybridized carbons (Fsp3) is 0.773. The molecule has 7 nitrogen and oxygen atoms in total. The fourth-order valence-corrected chi connectivity index (χ4v) is 6.26. The average molecular weight is 749 g/mol. The Labute approximate surface area is 323 Å². The highest BCUT2D eigenvalue weighted by atomic mass is 32.2. The van der Waals surface area contributed by atoms with Crippen LogP contribution in [0.3, 0.4) is 0 Å². The molecular formula is C44H80N2O5S. The summed E-state index contributed by atoms with van der Waals surface area (Å²) in [6.07, 6.45) is 43.2. The van der Waals surface area contributed by atoms with Gasteiger partial charge in [0.05, 0.1) is 25.3 Å². The molecule has 0 aromatic carbocycles. The third kappa shape index (κ3) is 36.3. The van der Waals surface area contributed by atoms with Crippen LogP contribution in [0.1, 0.15) is 194 Å². The molecule has 0 atom stereocenters. The molecule has 0 aliphatic carbocycles. The van der Waals surface area contributed by atoms with Gasteiger partial charge in [0.1, 0.15) is 14.1 Å². The van der Waals surface area contributed by atoms with Crippen LogP contribution >= 0.6 is 0 Å². The van der Waals surface area contributed by atoms with E-state index in [9.17, 15) is 0 Å². The Morgan fingerprint density at radius 1 is 0.442 bits per heavy atom. The van der Waals surface area contributed by atoms with Crippen LogP contribution in [-0.2, 0) is 25.5 Å². The zero-order valence-electron chi connectivity index (χ0n) is 34.2. The normalized spacial score (nSPS) is 10.8. The first-order valence-corrected chi connectivity index (χ1v) is 22.3. The summed E-state index contributed by atoms with van der Waals surface area (Å²) in [4.78, 5) is 0. The molecule has 0 unspecified atom stereocenters. The largest absolute Gasteiger partial charge is 0.784 e. The van der Waals surface area contributed by atoms with Gasteiger partial charge in [-0.05, 0) is 25.0 Å². The van der Waals surface area contributed by atoms with Gasteiger partial charge in [-0.1, -0.05) is 181 Å². The van der Waals surface area contributed by atoms with Crippen molar-refractivity contribution in [2.24, 2.45) is 14.1 Å². The quantitative estimate of drug-likeness (QED) is 0.0422. The van der Waals surface area contributed by atoms with Gasteiger partial charge in [0.15, 0.2) is 12.4 Å². The number of hydrogen-bond donors (Lipinski definition) is 0. The van der Waals surface area contributed by atoms with Crippen LogP contribution in [0.25, 0.3) is 0 Å². The molecule has 0 N–H and O–H groups in total. The average Bonchev–Trinajstić information content (AvgIpc) is 3.13. The summed E-state index contributed by atoms with van der Waals surface area (Å²) in [5, 5.41) is 0. The molecule has 2 aromatic heterocycles. The van der Waals surface area contributed by atoms with Crippen LogP contribution in [0.2, 0.25) is 0 Å². The molecule has 302 valence electrons. The molecule has 52 heavy (non-hydrogen) atoms. The minimum Gasteiger partial charge on any atom is -0.784 e. The van der Waals surface area contributed by atoms with E-state index in [0.29, 0.717) is 0 Å². The summed E-state index contributed by atoms with van der Waals surface area (Å²) < 4.78 is 41.0. The van der Waals surface area contributed by atoms with Gasteiger partial charge in [-0.3, -0.25) is 4.21 Å². The molecule has 0 aliphatic rings. The Kier molecular flexibility index (Phi) is 38.6. The maximum Gasteiger partial charge on any atom is 0.367 e. The van der Waals surface area contributed by atoms with Gasteiger partial charge in [-0.25, -0.2) is 0 Å². The minimum absolute atomic E-state index is 0.843. The highest BCUT2D eigenvalue weighted by Crippen LogP contribution is 2.15. The number of unbranched alkanes of at least 4 members (excludes halogenated alkanes) is 26. The van der Waals surface area contributed by atoms with Crippen molar-refractivity contribution in [2.45, 2.75) is 194 Å². The van der Waals surface area contributed by atoms with Crippen molar-refractivity contribution < 1.29 is 31.9 Å². The summed E-state index contributed by atoms with van der Waals surface area (Å²) in [6.45, 7) is 6.26. The number of aryl methyl sites for hydroxylation is 2. The highest BCUT2D eigenvalue weighted by molar-refractivity contribution is 7.72. The van der Waals surface area contributed by atoms with Crippen LogP contribution < -0.4 is 18.6 Å². The lowest BCUT2D eigenvalue weighted by Crippen LogP contribution is -2.29. The van der Waals surface area contributed by atoms with Gasteiger partial charge in [-0.2, -0.15) is 9.13 Å². The number of rotatable bonds is 32. The third-order valence-corrected chi connectivity index (χ3v) is 9.51. The van der Waals surface area contributed by atoms with E-state index in [-0.39, 0.29) is 0 Å². The Balaban J connectivity index is 0.000000906. The molecule has 0 bridgehead atoms. The molecule has 0 spiro atoms. The predicted molar refractivity (Wildman–Crippen MR) is 217 cm³/mol. The van der Waals surface area contributed by atoms with Crippen LogP contribution in [0.4, 0.5) is 0 Å². The second-order valence-electron chi connectivity index (χ2n) is 14.4. The third-order valence-electron chi connectivity index (χ3n) is 9.51. The maximum atomic E-state index is 8.44. The standard InChI is InChI=1S/2C22H40NO.H2O3S/c2*1-3-4-5-6-7-8-9-10-11-12-13-14-15-18-21-24-22-19-16-17-20-23(22)2;1-4(2)3/h2*16-17,19-20H,3-15,18,21H2,1-2H3;(H2,1,2,3)/q2*+1;/p-2. The molecule has 0 saturated heterocycles. The molecule has 8 heteroatoms. The lowest BCUT2D eigenvalue weighted by molar-refractivity contribution is -0.677. The second-order valence-corrected chi connectivity index (χ2v) is 14.8. The van der Waals surface area contributed by atoms with Crippen molar-refractivity contribution in [3.8, 4) is 11.8 Å². The lowest BCUT2D eigenvalue weighted by atomic mass is 10.0. The van der Waals surface area contributed by atoms with E-state index in [2.05, 4.69) is 13.8 Å². The van der Waals surface area contributed by atoms with E-state index in [0.717, 1.165) is 25.0 Å². The van der Waals surface area contributed by atoms with E-state index in [4.69, 9.17) is 22.8 Å². The Hall–Kier alpha value is -2.03. The number of nitrogens with zero attached hydrogens (tertiary/aromatic N) is 2. The van der Waals surface area contributed by atoms with Gasteiger partial charge in [-0.15, -0.1) is 11.4 Å². The Morgan fingerprint density at radius 3 is 0.904 bits per heavy atom. The van der Waals surface area contributed by atoms with Crippen molar-refractivity contribution in [1.82, 2.24) is 0 Å². The zero-order valence-corrected chi connectivity index (χ0v) is 35.0. The molecule has 2 heterocycles. The lowest BCUT2D eigenvalue weighted by Gasteiger charge is -2.04. The highest BCUT2D eigenvalue weighted by Gasteiger charge is 2.05. The van der Waals surface area contributed by atoms with Gasteiger partial charge in [0.2, 0.25) is 0 Å². The van der Waals surface area contributed by atoms with Gasteiger partial charge < -0.3 is 18.6 Å². The summed E-state index contributed by atoms with van der Waals surface area (Å²) >= 11 is -3.11. The fourth-order valence-electron chi connectivity index (χ4n) is 6.26. The van der Waals surface area contributed by atoms with E-state index in [1.165, 1.54) is 180 Å². The van der Waals surface area contributed by atoms with Crippen molar-refractivity contribution in [3.63, 3.8) is 0 Å². The molecular weight excluding hydrogens is 669 g/mol. The topological polar surface area (TPSA) is 89.4 Å². The second kappa shape index (κ2) is 40.2. The molecule has 2 aromatic rings. The first-order valence-electron chi connectivity index (χ1n) is 21.3. The Morgan fingerprint density at radius 2 is 0.673 bits per heavy atom. The van der Waals surface area contributed by atoms with E-state index >= 15 is 0 Å². The summed E-state index contributed by atoms with van der Waals surface area (Å²) in [5.74, 6) is 1.93. The first kappa shape index (κ1) is 50.0. The van der Waals surface area contributed by atoms with Gasteiger partial charge >= 0.3 is 11.8 Å². The summed E-state index contributed by atoms with van der Waals surface area (Å²) in [6, 6.07) is 12.2. The number of aromatic nitrogens is 2. The van der Waals surface area contributed by atoms with Crippen LogP contribution in [0.15, 0.2) is 48.8 Å². The maximum absolute atomic E-state index is 8.44. The molecule has 0 amide bonds. The van der Waals surface area contributed by atoms with E-state index in [1.54, 1.807) is 0 Å². The smallest absolute Gasteiger partial charge is 0.367 e. The van der Waals surface area contributed by atoms with E-state index < -0.39 is 11.4 Å². The molecule has 0 fully saturated rings. The van der Waals surface area contributed by atoms with Gasteiger partial charge in [0, 0.05) is 12.1 Å². The molecule has 0 saturated carbocycles. The summed E-state index contributed by atoms with van der Waals surface area (Å²) in [5.41, 5.74) is 0. The van der Waals surface area contributed by atoms with Crippen molar-refractivity contribution >= 4 is 11.4 Å². The Bertz CT molecular complexity index is 962. The first-order chi connectivity index (χ1) is 25.4. The molecule has 2 rings (SSSR count). The number of pyridine rings is 2. The van der Waals surface area contributed by atoms with Gasteiger partial charge in [0.25, 0.3) is 0 Å². The molecule has 0 radical (unpaired) electrons. The minimum atomic E-state index is -3.11. The van der Waals surface area contributed by atoms with Crippen molar-refractivity contribution in [3.05, 3.63) is 48.8 Å². The predicted octanol–water partition coefficient (Wildman–Crippen LogP) is 11.7. The van der Waals surface area contributed by atoms with Crippen LogP contribution in [0, 0.1) is 0 Å². The van der Waals surface area contributed by atoms with Crippen LogP contribution in [-0.4, -0.2) is 26.5 Å². The SMILES string of the molecule is CCCCCCCCCCCCCCCCOc1cccc[n+]1C.CCCCCCCCCCCCCCCCOc1cccc[n+]1C.O=S([O-])[O-].